The molecule has 1 aliphatic rings. The summed E-state index contributed by atoms with van der Waals surface area (Å²) in [6.07, 6.45) is 3.46. The minimum Gasteiger partial charge on any atom is -0.508 e. The van der Waals surface area contributed by atoms with Crippen LogP contribution in [0.3, 0.4) is 0 Å². The van der Waals surface area contributed by atoms with Crippen molar-refractivity contribution in [2.24, 2.45) is 0 Å². The smallest absolute Gasteiger partial charge is 0.236 e. The molecule has 2 N–H and O–H groups in total. The number of carbonyl (C=O) groups is 1. The molecule has 0 saturated carbocycles. The van der Waals surface area contributed by atoms with E-state index in [1.807, 2.05) is 24.0 Å². The summed E-state index contributed by atoms with van der Waals surface area (Å²) in [5.41, 5.74) is 1.95. The molecule has 0 atom stereocenters. The topological polar surface area (TPSA) is 52.6 Å². The van der Waals surface area contributed by atoms with Crippen LogP contribution in [0.1, 0.15) is 30.4 Å². The molecule has 1 amide bonds. The molecule has 0 aromatic heterocycles. The summed E-state index contributed by atoms with van der Waals surface area (Å²) in [7, 11) is 0. The molecule has 104 valence electrons. The molecule has 1 aromatic rings. The van der Waals surface area contributed by atoms with E-state index in [0.717, 1.165) is 37.1 Å². The number of hydrogen-bond acceptors (Lipinski definition) is 3. The Morgan fingerprint density at radius 1 is 1.32 bits per heavy atom. The van der Waals surface area contributed by atoms with Gasteiger partial charge in [-0.25, -0.2) is 0 Å². The van der Waals surface area contributed by atoms with E-state index in [9.17, 15) is 9.90 Å². The van der Waals surface area contributed by atoms with Gasteiger partial charge < -0.3 is 15.3 Å². The van der Waals surface area contributed by atoms with Gasteiger partial charge in [-0.05, 0) is 32.3 Å². The second-order valence-corrected chi connectivity index (χ2v) is 5.18. The molecule has 1 aromatic carbocycles. The molecule has 4 nitrogen and oxygen atoms in total. The van der Waals surface area contributed by atoms with Crippen LogP contribution in [-0.2, 0) is 11.3 Å². The largest absolute Gasteiger partial charge is 0.508 e. The molecule has 0 unspecified atom stereocenters. The van der Waals surface area contributed by atoms with E-state index in [-0.39, 0.29) is 11.7 Å². The highest BCUT2D eigenvalue weighted by Gasteiger charge is 2.15. The van der Waals surface area contributed by atoms with E-state index in [0.29, 0.717) is 13.1 Å². The Labute approximate surface area is 114 Å². The van der Waals surface area contributed by atoms with Gasteiger partial charge in [0.05, 0.1) is 6.54 Å². The van der Waals surface area contributed by atoms with Crippen molar-refractivity contribution >= 4 is 5.91 Å². The number of phenolic OH excluding ortho intramolecular Hbond substituents is 1. The number of benzene rings is 1. The van der Waals surface area contributed by atoms with Crippen molar-refractivity contribution in [3.63, 3.8) is 0 Å². The van der Waals surface area contributed by atoms with Crippen LogP contribution in [0.15, 0.2) is 18.2 Å². The Kier molecular flexibility index (Phi) is 4.80. The average molecular weight is 262 g/mol. The molecule has 1 saturated heterocycles. The van der Waals surface area contributed by atoms with Crippen molar-refractivity contribution in [1.29, 1.82) is 0 Å². The summed E-state index contributed by atoms with van der Waals surface area (Å²) < 4.78 is 0. The molecule has 2 rings (SSSR count). The number of carbonyl (C=O) groups excluding carboxylic acids is 1. The van der Waals surface area contributed by atoms with E-state index in [1.165, 1.54) is 6.42 Å². The predicted octanol–water partition coefficient (Wildman–Crippen LogP) is 1.80. The fourth-order valence-corrected chi connectivity index (χ4v) is 2.42. The van der Waals surface area contributed by atoms with Crippen molar-refractivity contribution in [2.75, 3.05) is 19.6 Å². The third kappa shape index (κ3) is 3.96. The van der Waals surface area contributed by atoms with E-state index < -0.39 is 0 Å². The van der Waals surface area contributed by atoms with Gasteiger partial charge in [0.1, 0.15) is 5.75 Å². The van der Waals surface area contributed by atoms with Crippen LogP contribution < -0.4 is 5.32 Å². The van der Waals surface area contributed by atoms with Gasteiger partial charge in [-0.2, -0.15) is 0 Å². The lowest BCUT2D eigenvalue weighted by Crippen LogP contribution is -2.40. The quantitative estimate of drug-likeness (QED) is 0.870. The molecule has 0 aliphatic carbocycles. The zero-order valence-electron chi connectivity index (χ0n) is 11.5. The molecule has 0 bridgehead atoms. The van der Waals surface area contributed by atoms with Crippen LogP contribution in [0.2, 0.25) is 0 Å². The summed E-state index contributed by atoms with van der Waals surface area (Å²) in [5.74, 6) is 0.440. The third-order valence-electron chi connectivity index (χ3n) is 3.54. The minimum absolute atomic E-state index is 0.159. The number of rotatable bonds is 4. The van der Waals surface area contributed by atoms with E-state index >= 15 is 0 Å². The zero-order valence-corrected chi connectivity index (χ0v) is 11.5. The highest BCUT2D eigenvalue weighted by Crippen LogP contribution is 2.17. The maximum Gasteiger partial charge on any atom is 0.236 e. The molecule has 1 fully saturated rings. The molecule has 0 radical (unpaired) electrons. The summed E-state index contributed by atoms with van der Waals surface area (Å²) in [4.78, 5) is 13.9. The first-order valence-electron chi connectivity index (χ1n) is 6.94. The van der Waals surface area contributed by atoms with Gasteiger partial charge in [-0.15, -0.1) is 0 Å². The van der Waals surface area contributed by atoms with Crippen LogP contribution in [0, 0.1) is 6.92 Å². The van der Waals surface area contributed by atoms with E-state index in [1.54, 1.807) is 6.07 Å². The number of nitrogens with zero attached hydrogens (tertiary/aromatic N) is 1. The van der Waals surface area contributed by atoms with Gasteiger partial charge in [0.2, 0.25) is 5.91 Å². The number of phenols is 1. The Hall–Kier alpha value is -1.55. The second kappa shape index (κ2) is 6.57. The first-order chi connectivity index (χ1) is 9.16. The number of aryl methyl sites for hydroxylation is 1. The van der Waals surface area contributed by atoms with Gasteiger partial charge in [-0.1, -0.05) is 17.7 Å². The van der Waals surface area contributed by atoms with Crippen molar-refractivity contribution < 1.29 is 9.90 Å². The molecule has 19 heavy (non-hydrogen) atoms. The van der Waals surface area contributed by atoms with Crippen molar-refractivity contribution in [1.82, 2.24) is 10.2 Å². The van der Waals surface area contributed by atoms with Crippen molar-refractivity contribution in [3.8, 4) is 5.75 Å². The van der Waals surface area contributed by atoms with Crippen LogP contribution in [0.25, 0.3) is 0 Å². The van der Waals surface area contributed by atoms with Gasteiger partial charge in [0.25, 0.3) is 0 Å². The molecule has 4 heteroatoms. The average Bonchev–Trinajstić information content (AvgIpc) is 2.43. The summed E-state index contributed by atoms with van der Waals surface area (Å²) >= 11 is 0. The van der Waals surface area contributed by atoms with Gasteiger partial charge in [-0.3, -0.25) is 4.79 Å². The maximum absolute atomic E-state index is 11.9. The highest BCUT2D eigenvalue weighted by atomic mass is 16.3. The third-order valence-corrected chi connectivity index (χ3v) is 3.54. The minimum atomic E-state index is 0.159. The first-order valence-corrected chi connectivity index (χ1v) is 6.94. The lowest BCUT2D eigenvalue weighted by molar-refractivity contribution is -0.131. The van der Waals surface area contributed by atoms with Crippen molar-refractivity contribution in [2.45, 2.75) is 32.7 Å². The van der Waals surface area contributed by atoms with Crippen LogP contribution in [0.5, 0.6) is 5.75 Å². The fraction of sp³-hybridized carbons (Fsp3) is 0.533. The van der Waals surface area contributed by atoms with Gasteiger partial charge in [0.15, 0.2) is 0 Å². The molecule has 1 aliphatic heterocycles. The van der Waals surface area contributed by atoms with E-state index in [2.05, 4.69) is 5.32 Å². The normalized spacial score (nSPS) is 15.5. The van der Waals surface area contributed by atoms with Crippen molar-refractivity contribution in [3.05, 3.63) is 29.3 Å². The lowest BCUT2D eigenvalue weighted by atomic mass is 10.1. The number of nitrogens with one attached hydrogen (secondary N) is 1. The molecular formula is C15H22N2O2. The lowest BCUT2D eigenvalue weighted by Gasteiger charge is -2.26. The molecular weight excluding hydrogens is 240 g/mol. The summed E-state index contributed by atoms with van der Waals surface area (Å²) in [5, 5.41) is 12.8. The summed E-state index contributed by atoms with van der Waals surface area (Å²) in [6, 6.07) is 5.50. The second-order valence-electron chi connectivity index (χ2n) is 5.18. The van der Waals surface area contributed by atoms with Gasteiger partial charge >= 0.3 is 0 Å². The number of amides is 1. The van der Waals surface area contributed by atoms with Gasteiger partial charge in [0, 0.05) is 25.2 Å². The highest BCUT2D eigenvalue weighted by molar-refractivity contribution is 5.78. The number of piperidine rings is 1. The van der Waals surface area contributed by atoms with Crippen LogP contribution in [0.4, 0.5) is 0 Å². The number of likely N-dealkylation sites (tertiary alicyclic amines) is 1. The van der Waals surface area contributed by atoms with Crippen LogP contribution >= 0.6 is 0 Å². The summed E-state index contributed by atoms with van der Waals surface area (Å²) in [6.45, 7) is 4.62. The monoisotopic (exact) mass is 262 g/mol. The Balaban J connectivity index is 1.79. The SMILES string of the molecule is Cc1ccc(O)c(CNCC(=O)N2CCCCC2)c1. The Bertz CT molecular complexity index is 440. The Morgan fingerprint density at radius 3 is 2.79 bits per heavy atom. The fourth-order valence-electron chi connectivity index (χ4n) is 2.42. The first kappa shape index (κ1) is 13.9. The van der Waals surface area contributed by atoms with Crippen LogP contribution in [-0.4, -0.2) is 35.5 Å². The molecule has 1 heterocycles. The predicted molar refractivity (Wildman–Crippen MR) is 75.0 cm³/mol. The van der Waals surface area contributed by atoms with E-state index in [4.69, 9.17) is 0 Å². The molecule has 0 spiro atoms. The maximum atomic E-state index is 11.9. The standard InChI is InChI=1S/C15H22N2O2/c1-12-5-6-14(18)13(9-12)10-16-11-15(19)17-7-3-2-4-8-17/h5-6,9,16,18H,2-4,7-8,10-11H2,1H3. The number of aromatic hydroxyl groups is 1. The Morgan fingerprint density at radius 2 is 2.05 bits per heavy atom. The zero-order chi connectivity index (χ0) is 13.7. The number of hydrogen-bond donors (Lipinski definition) is 2.